The second kappa shape index (κ2) is 5.25. The Kier molecular flexibility index (Phi) is 3.71. The molecule has 1 aromatic carbocycles. The fourth-order valence-corrected chi connectivity index (χ4v) is 2.99. The molecule has 6 heteroatoms. The van der Waals surface area contributed by atoms with E-state index >= 15 is 0 Å². The number of halogens is 1. The van der Waals surface area contributed by atoms with Gasteiger partial charge in [0.05, 0.1) is 5.56 Å². The zero-order chi connectivity index (χ0) is 12.3. The number of benzene rings is 1. The Hall–Kier alpha value is -1.45. The Morgan fingerprint density at radius 3 is 2.94 bits per heavy atom. The summed E-state index contributed by atoms with van der Waals surface area (Å²) in [5.74, 6) is 0.178. The molecular formula is C11H8FN3S2. The molecule has 0 spiro atoms. The number of hydrogen-bond donors (Lipinski definition) is 0. The molecule has 0 bridgehead atoms. The van der Waals surface area contributed by atoms with E-state index in [0.29, 0.717) is 5.75 Å². The summed E-state index contributed by atoms with van der Waals surface area (Å²) in [4.78, 5) is 0. The van der Waals surface area contributed by atoms with Crippen LogP contribution in [0.4, 0.5) is 4.39 Å². The van der Waals surface area contributed by atoms with Crippen molar-refractivity contribution in [1.82, 2.24) is 10.2 Å². The maximum atomic E-state index is 13.1. The van der Waals surface area contributed by atoms with Crippen molar-refractivity contribution in [2.24, 2.45) is 0 Å². The van der Waals surface area contributed by atoms with Crippen molar-refractivity contribution in [3.05, 3.63) is 40.2 Å². The minimum atomic E-state index is -0.479. The van der Waals surface area contributed by atoms with Crippen LogP contribution < -0.4 is 0 Å². The SMILES string of the molecule is Cc1nnc(SCc2ccc(F)c(C#N)c2)s1. The van der Waals surface area contributed by atoms with Gasteiger partial charge in [-0.2, -0.15) is 5.26 Å². The maximum absolute atomic E-state index is 13.1. The van der Waals surface area contributed by atoms with Crippen molar-refractivity contribution in [3.8, 4) is 6.07 Å². The first kappa shape index (κ1) is 12.0. The van der Waals surface area contributed by atoms with E-state index in [2.05, 4.69) is 10.2 Å². The second-order valence-electron chi connectivity index (χ2n) is 3.30. The first-order chi connectivity index (χ1) is 8.19. The number of thioether (sulfide) groups is 1. The molecule has 0 saturated carbocycles. The molecular weight excluding hydrogens is 257 g/mol. The molecule has 0 amide bonds. The fourth-order valence-electron chi connectivity index (χ4n) is 1.23. The van der Waals surface area contributed by atoms with Gasteiger partial charge in [-0.15, -0.1) is 10.2 Å². The van der Waals surface area contributed by atoms with Crippen LogP contribution >= 0.6 is 23.1 Å². The van der Waals surface area contributed by atoms with E-state index < -0.39 is 5.82 Å². The summed E-state index contributed by atoms with van der Waals surface area (Å²) in [6, 6.07) is 6.39. The van der Waals surface area contributed by atoms with Gasteiger partial charge in [0.2, 0.25) is 0 Å². The molecule has 0 fully saturated rings. The van der Waals surface area contributed by atoms with Gasteiger partial charge in [0.25, 0.3) is 0 Å². The van der Waals surface area contributed by atoms with Gasteiger partial charge in [0.1, 0.15) is 16.9 Å². The van der Waals surface area contributed by atoms with Crippen molar-refractivity contribution in [2.75, 3.05) is 0 Å². The van der Waals surface area contributed by atoms with Gasteiger partial charge in [-0.1, -0.05) is 29.2 Å². The van der Waals surface area contributed by atoms with Crippen molar-refractivity contribution >= 4 is 23.1 Å². The lowest BCUT2D eigenvalue weighted by molar-refractivity contribution is 0.623. The van der Waals surface area contributed by atoms with E-state index in [4.69, 9.17) is 5.26 Å². The minimum Gasteiger partial charge on any atom is -0.206 e. The van der Waals surface area contributed by atoms with Crippen molar-refractivity contribution < 1.29 is 4.39 Å². The Bertz CT molecular complexity index is 574. The largest absolute Gasteiger partial charge is 0.206 e. The van der Waals surface area contributed by atoms with E-state index in [1.807, 2.05) is 13.0 Å². The Morgan fingerprint density at radius 1 is 1.47 bits per heavy atom. The van der Waals surface area contributed by atoms with Crippen LogP contribution in [0.5, 0.6) is 0 Å². The molecule has 0 unspecified atom stereocenters. The highest BCUT2D eigenvalue weighted by molar-refractivity contribution is 8.00. The third-order valence-corrected chi connectivity index (χ3v) is 4.06. The predicted molar refractivity (Wildman–Crippen MR) is 65.3 cm³/mol. The second-order valence-corrected chi connectivity index (χ2v) is 5.71. The third kappa shape index (κ3) is 3.02. The van der Waals surface area contributed by atoms with E-state index in [1.54, 1.807) is 12.1 Å². The Balaban J connectivity index is 2.07. The van der Waals surface area contributed by atoms with Gasteiger partial charge in [0.15, 0.2) is 4.34 Å². The number of hydrogen-bond acceptors (Lipinski definition) is 5. The molecule has 2 rings (SSSR count). The van der Waals surface area contributed by atoms with E-state index in [-0.39, 0.29) is 5.56 Å². The third-order valence-electron chi connectivity index (χ3n) is 2.02. The number of aryl methyl sites for hydroxylation is 1. The number of nitrogens with zero attached hydrogens (tertiary/aromatic N) is 3. The zero-order valence-corrected chi connectivity index (χ0v) is 10.6. The van der Waals surface area contributed by atoms with Crippen LogP contribution in [0.15, 0.2) is 22.5 Å². The van der Waals surface area contributed by atoms with Crippen LogP contribution in [0.25, 0.3) is 0 Å². The lowest BCUT2D eigenvalue weighted by atomic mass is 10.1. The van der Waals surface area contributed by atoms with Gasteiger partial charge < -0.3 is 0 Å². The molecule has 0 N–H and O–H groups in total. The molecule has 0 aliphatic carbocycles. The molecule has 3 nitrogen and oxygen atoms in total. The number of rotatable bonds is 3. The lowest BCUT2D eigenvalue weighted by Gasteiger charge is -2.00. The first-order valence-electron chi connectivity index (χ1n) is 4.80. The van der Waals surface area contributed by atoms with Gasteiger partial charge in [0, 0.05) is 5.75 Å². The Morgan fingerprint density at radius 2 is 2.29 bits per heavy atom. The van der Waals surface area contributed by atoms with E-state index in [9.17, 15) is 4.39 Å². The van der Waals surface area contributed by atoms with Crippen molar-refractivity contribution in [3.63, 3.8) is 0 Å². The molecule has 1 heterocycles. The van der Waals surface area contributed by atoms with Crippen LogP contribution in [-0.2, 0) is 5.75 Å². The maximum Gasteiger partial charge on any atom is 0.174 e. The lowest BCUT2D eigenvalue weighted by Crippen LogP contribution is -1.87. The van der Waals surface area contributed by atoms with Crippen LogP contribution in [-0.4, -0.2) is 10.2 Å². The van der Waals surface area contributed by atoms with Crippen LogP contribution in [0.3, 0.4) is 0 Å². The molecule has 1 aromatic heterocycles. The molecule has 86 valence electrons. The smallest absolute Gasteiger partial charge is 0.174 e. The summed E-state index contributed by atoms with van der Waals surface area (Å²) in [6.07, 6.45) is 0. The summed E-state index contributed by atoms with van der Waals surface area (Å²) < 4.78 is 14.0. The zero-order valence-electron chi connectivity index (χ0n) is 8.98. The summed E-state index contributed by atoms with van der Waals surface area (Å²) in [7, 11) is 0. The van der Waals surface area contributed by atoms with E-state index in [0.717, 1.165) is 14.9 Å². The molecule has 0 radical (unpaired) electrons. The highest BCUT2D eigenvalue weighted by Crippen LogP contribution is 2.26. The highest BCUT2D eigenvalue weighted by atomic mass is 32.2. The van der Waals surface area contributed by atoms with Crippen molar-refractivity contribution in [2.45, 2.75) is 17.0 Å². The monoisotopic (exact) mass is 265 g/mol. The van der Waals surface area contributed by atoms with Gasteiger partial charge in [-0.05, 0) is 24.6 Å². The van der Waals surface area contributed by atoms with Gasteiger partial charge in [-0.3, -0.25) is 0 Å². The standard InChI is InChI=1S/C11H8FN3S2/c1-7-14-15-11(17-7)16-6-8-2-3-10(12)9(4-8)5-13/h2-4H,6H2,1H3. The molecule has 0 aliphatic heterocycles. The quantitative estimate of drug-likeness (QED) is 0.800. The summed E-state index contributed by atoms with van der Waals surface area (Å²) in [5.41, 5.74) is 0.984. The van der Waals surface area contributed by atoms with Crippen LogP contribution in [0.2, 0.25) is 0 Å². The normalized spacial score (nSPS) is 10.2. The van der Waals surface area contributed by atoms with Crippen LogP contribution in [0.1, 0.15) is 16.1 Å². The summed E-state index contributed by atoms with van der Waals surface area (Å²) in [5, 5.41) is 17.5. The molecule has 0 aliphatic rings. The van der Waals surface area contributed by atoms with E-state index in [1.165, 1.54) is 29.2 Å². The number of nitriles is 1. The molecule has 2 aromatic rings. The summed E-state index contributed by atoms with van der Waals surface area (Å²) in [6.45, 7) is 1.90. The fraction of sp³-hybridized carbons (Fsp3) is 0.182. The molecule has 0 saturated heterocycles. The number of aromatic nitrogens is 2. The average molecular weight is 265 g/mol. The average Bonchev–Trinajstić information content (AvgIpc) is 2.74. The predicted octanol–water partition coefficient (Wildman–Crippen LogP) is 3.15. The highest BCUT2D eigenvalue weighted by Gasteiger charge is 2.05. The first-order valence-corrected chi connectivity index (χ1v) is 6.60. The molecule has 0 atom stereocenters. The molecule has 17 heavy (non-hydrogen) atoms. The van der Waals surface area contributed by atoms with Crippen LogP contribution in [0, 0.1) is 24.1 Å². The van der Waals surface area contributed by atoms with Gasteiger partial charge >= 0.3 is 0 Å². The minimum absolute atomic E-state index is 0.0801. The topological polar surface area (TPSA) is 49.6 Å². The Labute approximate surface area is 106 Å². The van der Waals surface area contributed by atoms with Gasteiger partial charge in [-0.25, -0.2) is 4.39 Å². The summed E-state index contributed by atoms with van der Waals surface area (Å²) >= 11 is 3.05. The van der Waals surface area contributed by atoms with Crippen molar-refractivity contribution in [1.29, 1.82) is 5.26 Å².